The molecule has 4 atom stereocenters. The van der Waals surface area contributed by atoms with Crippen LogP contribution in [-0.4, -0.2) is 88.6 Å². The van der Waals surface area contributed by atoms with Crippen molar-refractivity contribution in [1.82, 2.24) is 24.4 Å². The first-order valence-corrected chi connectivity index (χ1v) is 12.9. The summed E-state index contributed by atoms with van der Waals surface area (Å²) in [5.74, 6) is -0.126. The van der Waals surface area contributed by atoms with E-state index in [4.69, 9.17) is 23.7 Å². The molecule has 3 aromatic heterocycles. The monoisotopic (exact) mass is 546 g/mol. The van der Waals surface area contributed by atoms with Crippen molar-refractivity contribution in [3.63, 3.8) is 0 Å². The van der Waals surface area contributed by atoms with Gasteiger partial charge in [0.25, 0.3) is 0 Å². The molecule has 0 radical (unpaired) electrons. The van der Waals surface area contributed by atoms with Crippen molar-refractivity contribution in [3.8, 4) is 5.75 Å². The van der Waals surface area contributed by atoms with Gasteiger partial charge in [-0.1, -0.05) is 6.07 Å². The molecule has 0 bridgehead atoms. The second kappa shape index (κ2) is 10.1. The maximum Gasteiger partial charge on any atom is 0.356 e. The van der Waals surface area contributed by atoms with E-state index >= 15 is 0 Å². The zero-order valence-electron chi connectivity index (χ0n) is 22.8. The standard InChI is InChI=1S/C28H30N6O6/c1-28(2)39-22-21(13-37-17-8-6-16-7-9-19(27(35)36-5)32-20(16)12-17)38-26(23(22)40-28)34-11-10-18-24(31-15-33(3)4)29-14-30-25(18)34/h6-12,14-15,21-23,26H,13H2,1-5H3/b31-15+/t21-,22-,23-,26-/m1/s1. The smallest absolute Gasteiger partial charge is 0.356 e. The summed E-state index contributed by atoms with van der Waals surface area (Å²) in [7, 11) is 5.12. The summed E-state index contributed by atoms with van der Waals surface area (Å²) in [5.41, 5.74) is 1.53. The van der Waals surface area contributed by atoms with Gasteiger partial charge in [-0.25, -0.2) is 24.7 Å². The largest absolute Gasteiger partial charge is 0.491 e. The van der Waals surface area contributed by atoms with Crippen LogP contribution in [0.1, 0.15) is 30.6 Å². The number of fused-ring (bicyclic) bond motifs is 3. The normalized spacial score (nSPS) is 23.6. The highest BCUT2D eigenvalue weighted by Crippen LogP contribution is 2.44. The Kier molecular flexibility index (Phi) is 6.61. The van der Waals surface area contributed by atoms with Gasteiger partial charge in [-0.2, -0.15) is 0 Å². The Morgan fingerprint density at radius 1 is 1.15 bits per heavy atom. The molecule has 1 aromatic carbocycles. The quantitative estimate of drug-likeness (QED) is 0.193. The lowest BCUT2D eigenvalue weighted by atomic mass is 10.1. The number of pyridine rings is 1. The minimum absolute atomic E-state index is 0.214. The van der Waals surface area contributed by atoms with E-state index in [0.717, 1.165) is 10.8 Å². The molecule has 0 aliphatic carbocycles. The van der Waals surface area contributed by atoms with Crippen molar-refractivity contribution in [2.45, 2.75) is 44.2 Å². The fraction of sp³-hybridized carbons (Fsp3) is 0.393. The van der Waals surface area contributed by atoms with E-state index in [2.05, 4.69) is 19.9 Å². The summed E-state index contributed by atoms with van der Waals surface area (Å²) in [6.07, 6.45) is 3.42. The summed E-state index contributed by atoms with van der Waals surface area (Å²) >= 11 is 0. The Hall–Kier alpha value is -4.13. The van der Waals surface area contributed by atoms with E-state index < -0.39 is 24.1 Å². The predicted molar refractivity (Wildman–Crippen MR) is 146 cm³/mol. The summed E-state index contributed by atoms with van der Waals surface area (Å²) in [6, 6.07) is 10.9. The molecule has 2 aliphatic heterocycles. The maximum absolute atomic E-state index is 11.9. The molecule has 12 heteroatoms. The summed E-state index contributed by atoms with van der Waals surface area (Å²) in [5, 5.41) is 1.68. The molecule has 6 rings (SSSR count). The Bertz CT molecular complexity index is 1600. The second-order valence-electron chi connectivity index (χ2n) is 10.3. The molecular weight excluding hydrogens is 516 g/mol. The number of aromatic nitrogens is 4. The first kappa shape index (κ1) is 26.1. The van der Waals surface area contributed by atoms with Crippen molar-refractivity contribution in [2.75, 3.05) is 27.8 Å². The SMILES string of the molecule is COC(=O)c1ccc2ccc(OC[C@H]3O[C@@H](n4ccc5c(/N=C/N(C)C)ncnc54)[C@@H]4OC(C)(C)O[C@@H]43)cc2n1. The third-order valence-corrected chi connectivity index (χ3v) is 6.77. The molecular formula is C28H30N6O6. The third kappa shape index (κ3) is 4.85. The molecule has 0 amide bonds. The van der Waals surface area contributed by atoms with E-state index in [1.807, 2.05) is 67.9 Å². The van der Waals surface area contributed by atoms with Gasteiger partial charge in [0, 0.05) is 31.7 Å². The van der Waals surface area contributed by atoms with Gasteiger partial charge in [0.15, 0.2) is 17.8 Å². The number of esters is 1. The lowest BCUT2D eigenvalue weighted by Gasteiger charge is -2.25. The molecule has 4 aromatic rings. The minimum Gasteiger partial charge on any atom is -0.491 e. The number of benzene rings is 1. The summed E-state index contributed by atoms with van der Waals surface area (Å²) < 4.78 is 31.9. The van der Waals surface area contributed by atoms with E-state index in [-0.39, 0.29) is 24.5 Å². The number of carbonyl (C=O) groups excluding carboxylic acids is 1. The summed E-state index contributed by atoms with van der Waals surface area (Å²) in [4.78, 5) is 31.5. The van der Waals surface area contributed by atoms with Crippen LogP contribution in [0.4, 0.5) is 5.82 Å². The maximum atomic E-state index is 11.9. The third-order valence-electron chi connectivity index (χ3n) is 6.77. The van der Waals surface area contributed by atoms with Crippen LogP contribution in [0.15, 0.2) is 53.9 Å². The number of nitrogens with zero attached hydrogens (tertiary/aromatic N) is 6. The van der Waals surface area contributed by atoms with E-state index in [1.165, 1.54) is 13.4 Å². The Labute approximate surface area is 230 Å². The van der Waals surface area contributed by atoms with Crippen molar-refractivity contribution in [2.24, 2.45) is 4.99 Å². The molecule has 2 saturated heterocycles. The van der Waals surface area contributed by atoms with Crippen LogP contribution in [0.25, 0.3) is 21.9 Å². The Morgan fingerprint density at radius 3 is 2.75 bits per heavy atom. The van der Waals surface area contributed by atoms with Crippen LogP contribution in [0.2, 0.25) is 0 Å². The highest BCUT2D eigenvalue weighted by Gasteiger charge is 2.56. The zero-order valence-corrected chi connectivity index (χ0v) is 22.8. The van der Waals surface area contributed by atoms with Gasteiger partial charge in [-0.15, -0.1) is 0 Å². The van der Waals surface area contributed by atoms with Crippen molar-refractivity contribution < 1.29 is 28.5 Å². The predicted octanol–water partition coefficient (Wildman–Crippen LogP) is 3.48. The first-order valence-electron chi connectivity index (χ1n) is 12.9. The van der Waals surface area contributed by atoms with Crippen molar-refractivity contribution in [1.29, 1.82) is 0 Å². The van der Waals surface area contributed by atoms with E-state index in [1.54, 1.807) is 18.5 Å². The fourth-order valence-electron chi connectivity index (χ4n) is 5.04. The topological polar surface area (TPSA) is 122 Å². The first-order chi connectivity index (χ1) is 19.2. The average Bonchev–Trinajstić information content (AvgIpc) is 3.60. The van der Waals surface area contributed by atoms with Crippen molar-refractivity contribution in [3.05, 3.63) is 54.6 Å². The molecule has 5 heterocycles. The lowest BCUT2D eigenvalue weighted by Crippen LogP contribution is -2.33. The average molecular weight is 547 g/mol. The van der Waals surface area contributed by atoms with Crippen LogP contribution in [0.3, 0.4) is 0 Å². The van der Waals surface area contributed by atoms with Gasteiger partial charge in [-0.05, 0) is 38.1 Å². The number of rotatable bonds is 7. The molecule has 0 unspecified atom stereocenters. The Morgan fingerprint density at radius 2 is 1.95 bits per heavy atom. The van der Waals surface area contributed by atoms with Crippen LogP contribution in [-0.2, 0) is 18.9 Å². The number of methoxy groups -OCH3 is 1. The minimum atomic E-state index is -0.786. The number of hydrogen-bond acceptors (Lipinski definition) is 10. The zero-order chi connectivity index (χ0) is 28.0. The summed E-state index contributed by atoms with van der Waals surface area (Å²) in [6.45, 7) is 3.99. The van der Waals surface area contributed by atoms with Gasteiger partial charge in [0.05, 0.1) is 24.4 Å². The molecule has 0 N–H and O–H groups in total. The molecule has 208 valence electrons. The van der Waals surface area contributed by atoms with Gasteiger partial charge < -0.3 is 33.2 Å². The van der Waals surface area contributed by atoms with E-state index in [9.17, 15) is 4.79 Å². The van der Waals surface area contributed by atoms with Crippen LogP contribution < -0.4 is 4.74 Å². The Balaban J connectivity index is 1.25. The van der Waals surface area contributed by atoms with Crippen LogP contribution in [0, 0.1) is 0 Å². The van der Waals surface area contributed by atoms with Crippen LogP contribution in [0.5, 0.6) is 5.75 Å². The molecule has 12 nitrogen and oxygen atoms in total. The van der Waals surface area contributed by atoms with Gasteiger partial charge in [-0.3, -0.25) is 0 Å². The molecule has 0 saturated carbocycles. The van der Waals surface area contributed by atoms with Crippen LogP contribution >= 0.6 is 0 Å². The molecule has 2 aliphatic rings. The number of carbonyl (C=O) groups is 1. The highest BCUT2D eigenvalue weighted by atomic mass is 16.8. The fourth-order valence-corrected chi connectivity index (χ4v) is 5.04. The van der Waals surface area contributed by atoms with Crippen molar-refractivity contribution >= 4 is 40.1 Å². The lowest BCUT2D eigenvalue weighted by molar-refractivity contribution is -0.198. The number of hydrogen-bond donors (Lipinski definition) is 0. The second-order valence-corrected chi connectivity index (χ2v) is 10.3. The number of aliphatic imine (C=N–C) groups is 1. The number of ether oxygens (including phenoxy) is 5. The van der Waals surface area contributed by atoms with Gasteiger partial charge in [0.2, 0.25) is 0 Å². The highest BCUT2D eigenvalue weighted by molar-refractivity contribution is 5.91. The molecule has 40 heavy (non-hydrogen) atoms. The molecule has 2 fully saturated rings. The van der Waals surface area contributed by atoms with Gasteiger partial charge in [0.1, 0.15) is 48.3 Å². The molecule has 0 spiro atoms. The van der Waals surface area contributed by atoms with Gasteiger partial charge >= 0.3 is 5.97 Å². The van der Waals surface area contributed by atoms with E-state index in [0.29, 0.717) is 22.7 Å².